The van der Waals surface area contributed by atoms with E-state index >= 15 is 0 Å². The summed E-state index contributed by atoms with van der Waals surface area (Å²) in [4.78, 5) is 32.2. The molecule has 0 bridgehead atoms. The molecule has 3 aromatic rings. The number of amides is 1. The number of aromatic nitrogens is 4. The molecule has 2 aromatic heterocycles. The number of halogens is 1. The van der Waals surface area contributed by atoms with Gasteiger partial charge in [0.2, 0.25) is 0 Å². The quantitative estimate of drug-likeness (QED) is 0.705. The van der Waals surface area contributed by atoms with Crippen LogP contribution in [0.2, 0.25) is 0 Å². The number of aryl methyl sites for hydroxylation is 3. The number of carbonyl (C=O) groups is 1. The highest BCUT2D eigenvalue weighted by Gasteiger charge is 2.45. The van der Waals surface area contributed by atoms with E-state index in [2.05, 4.69) is 15.0 Å². The van der Waals surface area contributed by atoms with Crippen LogP contribution in [-0.4, -0.2) is 43.8 Å². The summed E-state index contributed by atoms with van der Waals surface area (Å²) in [6, 6.07) is 6.11. The number of carbonyl (C=O) groups excluding carboxylic acids is 1. The van der Waals surface area contributed by atoms with E-state index < -0.39 is 0 Å². The summed E-state index contributed by atoms with van der Waals surface area (Å²) in [5.41, 5.74) is 4.17. The van der Waals surface area contributed by atoms with Crippen molar-refractivity contribution >= 4 is 5.91 Å². The van der Waals surface area contributed by atoms with Gasteiger partial charge in [0, 0.05) is 36.0 Å². The molecule has 0 radical (unpaired) electrons. The summed E-state index contributed by atoms with van der Waals surface area (Å²) >= 11 is 0. The van der Waals surface area contributed by atoms with Crippen molar-refractivity contribution in [2.75, 3.05) is 13.1 Å². The van der Waals surface area contributed by atoms with E-state index in [1.54, 1.807) is 12.1 Å². The van der Waals surface area contributed by atoms with E-state index in [-0.39, 0.29) is 17.1 Å². The molecule has 1 N–H and O–H groups in total. The first-order valence-corrected chi connectivity index (χ1v) is 10.4. The van der Waals surface area contributed by atoms with Gasteiger partial charge in [-0.1, -0.05) is 0 Å². The standard InChI is InChI=1S/C23H24FN5O/c1-14-19(28-21(26-14)16-4-6-18(24)7-5-16)22(30)29-11-3-9-23(13-29)10-8-17-12-25-15(2)27-20(17)23/h4-7,12H,3,8-11,13H2,1-2H3,(H,26,28). The van der Waals surface area contributed by atoms with Crippen molar-refractivity contribution in [2.24, 2.45) is 0 Å². The van der Waals surface area contributed by atoms with E-state index in [0.29, 0.717) is 18.1 Å². The fourth-order valence-electron chi connectivity index (χ4n) is 4.89. The normalized spacial score (nSPS) is 20.6. The predicted octanol–water partition coefficient (Wildman–Crippen LogP) is 3.74. The maximum Gasteiger partial charge on any atom is 0.274 e. The first-order chi connectivity index (χ1) is 14.4. The molecule has 1 atom stereocenters. The molecule has 1 fully saturated rings. The van der Waals surface area contributed by atoms with Gasteiger partial charge in [-0.25, -0.2) is 19.3 Å². The molecule has 1 aromatic carbocycles. The third kappa shape index (κ3) is 3.09. The minimum atomic E-state index is -0.298. The van der Waals surface area contributed by atoms with Gasteiger partial charge in [0.05, 0.1) is 5.69 Å². The molecule has 6 nitrogen and oxygen atoms in total. The van der Waals surface area contributed by atoms with Gasteiger partial charge in [0.15, 0.2) is 0 Å². The number of fused-ring (bicyclic) bond motifs is 2. The molecule has 7 heteroatoms. The number of rotatable bonds is 2. The molecular weight excluding hydrogens is 381 g/mol. The van der Waals surface area contributed by atoms with Crippen LogP contribution >= 0.6 is 0 Å². The van der Waals surface area contributed by atoms with Crippen molar-refractivity contribution < 1.29 is 9.18 Å². The maximum atomic E-state index is 13.4. The molecule has 5 rings (SSSR count). The SMILES string of the molecule is Cc1ncc2c(n1)C1(CCCN(C(=O)c3nc(-c4ccc(F)cc4)[nH]c3C)C1)CC2. The molecule has 1 aliphatic heterocycles. The largest absolute Gasteiger partial charge is 0.341 e. The van der Waals surface area contributed by atoms with Crippen LogP contribution in [0.25, 0.3) is 11.4 Å². The van der Waals surface area contributed by atoms with Crippen LogP contribution in [0.4, 0.5) is 4.39 Å². The highest BCUT2D eigenvalue weighted by Crippen LogP contribution is 2.44. The molecule has 3 heterocycles. The van der Waals surface area contributed by atoms with E-state index in [0.717, 1.165) is 55.0 Å². The number of imidazole rings is 1. The Morgan fingerprint density at radius 2 is 1.97 bits per heavy atom. The summed E-state index contributed by atoms with van der Waals surface area (Å²) in [6.45, 7) is 5.15. The lowest BCUT2D eigenvalue weighted by molar-refractivity contribution is 0.0627. The number of hydrogen-bond donors (Lipinski definition) is 1. The zero-order valence-electron chi connectivity index (χ0n) is 17.2. The third-order valence-corrected chi connectivity index (χ3v) is 6.43. The highest BCUT2D eigenvalue weighted by atomic mass is 19.1. The van der Waals surface area contributed by atoms with Gasteiger partial charge >= 0.3 is 0 Å². The van der Waals surface area contributed by atoms with Crippen molar-refractivity contribution in [1.82, 2.24) is 24.8 Å². The number of piperidine rings is 1. The minimum absolute atomic E-state index is 0.0598. The predicted molar refractivity (Wildman–Crippen MR) is 111 cm³/mol. The van der Waals surface area contributed by atoms with Gasteiger partial charge in [0.25, 0.3) is 5.91 Å². The average Bonchev–Trinajstić information content (AvgIpc) is 3.29. The highest BCUT2D eigenvalue weighted by molar-refractivity contribution is 5.94. The monoisotopic (exact) mass is 405 g/mol. The van der Waals surface area contributed by atoms with Crippen LogP contribution in [0.1, 0.15) is 52.5 Å². The van der Waals surface area contributed by atoms with E-state index in [1.165, 1.54) is 17.7 Å². The number of hydrogen-bond acceptors (Lipinski definition) is 4. The van der Waals surface area contributed by atoms with Gasteiger partial charge < -0.3 is 9.88 Å². The molecule has 1 aliphatic carbocycles. The number of likely N-dealkylation sites (tertiary alicyclic amines) is 1. The summed E-state index contributed by atoms with van der Waals surface area (Å²) < 4.78 is 13.2. The molecule has 1 saturated heterocycles. The van der Waals surface area contributed by atoms with E-state index in [9.17, 15) is 9.18 Å². The van der Waals surface area contributed by atoms with Crippen LogP contribution in [0, 0.1) is 19.7 Å². The van der Waals surface area contributed by atoms with Crippen LogP contribution < -0.4 is 0 Å². The van der Waals surface area contributed by atoms with Crippen molar-refractivity contribution in [3.8, 4) is 11.4 Å². The lowest BCUT2D eigenvalue weighted by Crippen LogP contribution is -2.48. The van der Waals surface area contributed by atoms with Gasteiger partial charge in [-0.05, 0) is 69.4 Å². The second-order valence-electron chi connectivity index (χ2n) is 8.47. The Hall–Kier alpha value is -3.09. The Labute approximate surface area is 174 Å². The molecular formula is C23H24FN5O. The number of aromatic amines is 1. The van der Waals surface area contributed by atoms with Crippen LogP contribution in [0.5, 0.6) is 0 Å². The Balaban J connectivity index is 1.43. The average molecular weight is 405 g/mol. The molecule has 30 heavy (non-hydrogen) atoms. The Morgan fingerprint density at radius 3 is 2.77 bits per heavy atom. The van der Waals surface area contributed by atoms with Gasteiger partial charge in [-0.3, -0.25) is 4.79 Å². The second-order valence-corrected chi connectivity index (χ2v) is 8.47. The van der Waals surface area contributed by atoms with E-state index in [4.69, 9.17) is 4.98 Å². The molecule has 0 saturated carbocycles. The maximum absolute atomic E-state index is 13.4. The zero-order valence-corrected chi connectivity index (χ0v) is 17.2. The second kappa shape index (κ2) is 7.00. The molecule has 2 aliphatic rings. The van der Waals surface area contributed by atoms with Crippen LogP contribution in [0.15, 0.2) is 30.5 Å². The Kier molecular flexibility index (Phi) is 4.41. The van der Waals surface area contributed by atoms with Gasteiger partial charge in [0.1, 0.15) is 23.2 Å². The van der Waals surface area contributed by atoms with Crippen molar-refractivity contribution in [1.29, 1.82) is 0 Å². The Morgan fingerprint density at radius 1 is 1.17 bits per heavy atom. The summed E-state index contributed by atoms with van der Waals surface area (Å²) in [5.74, 6) is 1.01. The fraction of sp³-hybridized carbons (Fsp3) is 0.391. The topological polar surface area (TPSA) is 74.8 Å². The molecule has 1 spiro atoms. The number of H-pyrrole nitrogens is 1. The number of nitrogens with one attached hydrogen (secondary N) is 1. The molecule has 1 unspecified atom stereocenters. The van der Waals surface area contributed by atoms with Crippen LogP contribution in [-0.2, 0) is 11.8 Å². The van der Waals surface area contributed by atoms with E-state index in [1.807, 2.05) is 24.9 Å². The summed E-state index contributed by atoms with van der Waals surface area (Å²) in [7, 11) is 0. The number of benzene rings is 1. The zero-order chi connectivity index (χ0) is 20.9. The van der Waals surface area contributed by atoms with Crippen molar-refractivity contribution in [3.63, 3.8) is 0 Å². The molecule has 1 amide bonds. The lowest BCUT2D eigenvalue weighted by Gasteiger charge is -2.40. The van der Waals surface area contributed by atoms with Crippen molar-refractivity contribution in [2.45, 2.75) is 44.9 Å². The van der Waals surface area contributed by atoms with Gasteiger partial charge in [-0.15, -0.1) is 0 Å². The lowest BCUT2D eigenvalue weighted by atomic mass is 9.77. The first-order valence-electron chi connectivity index (χ1n) is 10.4. The van der Waals surface area contributed by atoms with Crippen molar-refractivity contribution in [3.05, 3.63) is 64.7 Å². The number of nitrogens with zero attached hydrogens (tertiary/aromatic N) is 4. The molecule has 154 valence electrons. The summed E-state index contributed by atoms with van der Waals surface area (Å²) in [5, 5.41) is 0. The first kappa shape index (κ1) is 18.9. The Bertz CT molecular complexity index is 1120. The third-order valence-electron chi connectivity index (χ3n) is 6.43. The smallest absolute Gasteiger partial charge is 0.274 e. The van der Waals surface area contributed by atoms with Crippen LogP contribution in [0.3, 0.4) is 0 Å². The van der Waals surface area contributed by atoms with Gasteiger partial charge in [-0.2, -0.15) is 0 Å². The fourth-order valence-corrected chi connectivity index (χ4v) is 4.89. The summed E-state index contributed by atoms with van der Waals surface area (Å²) in [6.07, 6.45) is 5.90. The minimum Gasteiger partial charge on any atom is -0.341 e.